The highest BCUT2D eigenvalue weighted by atomic mass is 16.7. The van der Waals surface area contributed by atoms with Gasteiger partial charge in [-0.25, -0.2) is 4.79 Å². The fourth-order valence-electron chi connectivity index (χ4n) is 8.32. The molecule has 0 aromatic rings. The monoisotopic (exact) mass is 719 g/mol. The summed E-state index contributed by atoms with van der Waals surface area (Å²) < 4.78 is 17.3. The molecule has 0 spiro atoms. The van der Waals surface area contributed by atoms with Gasteiger partial charge in [0, 0.05) is 0 Å². The molecule has 0 aromatic carbocycles. The lowest BCUT2D eigenvalue weighted by molar-refractivity contribution is -0.163. The fourth-order valence-corrected chi connectivity index (χ4v) is 8.32. The molecule has 5 heteroatoms. The van der Waals surface area contributed by atoms with Crippen molar-refractivity contribution < 1.29 is 23.8 Å². The summed E-state index contributed by atoms with van der Waals surface area (Å²) in [5, 5.41) is 0. The molecule has 2 rings (SSSR count). The van der Waals surface area contributed by atoms with E-state index in [1.165, 1.54) is 193 Å². The third-order valence-electron chi connectivity index (χ3n) is 11.8. The van der Waals surface area contributed by atoms with Gasteiger partial charge in [0.05, 0.1) is 25.2 Å². The van der Waals surface area contributed by atoms with E-state index in [9.17, 15) is 9.59 Å². The van der Waals surface area contributed by atoms with E-state index in [1.807, 2.05) is 0 Å². The van der Waals surface area contributed by atoms with Gasteiger partial charge in [-0.05, 0) is 32.1 Å². The largest absolute Gasteiger partial charge is 0.465 e. The highest BCUT2D eigenvalue weighted by Gasteiger charge is 2.71. The van der Waals surface area contributed by atoms with Crippen molar-refractivity contribution >= 4 is 11.9 Å². The maximum absolute atomic E-state index is 13.1. The summed E-state index contributed by atoms with van der Waals surface area (Å²) in [6, 6.07) is 0. The second kappa shape index (κ2) is 32.3. The molecule has 1 aliphatic heterocycles. The number of carbonyl (C=O) groups excluding carboxylic acids is 2. The number of esters is 2. The molecule has 3 atom stereocenters. The van der Waals surface area contributed by atoms with Crippen molar-refractivity contribution in [3.63, 3.8) is 0 Å². The SMILES string of the molecule is CCCCCCCCCCCCCCCCCCCOC(=O)C1CCCC2OC21C(=O)OCCCCCCCCCCCCCCCCCCC. The molecular weight excluding hydrogens is 633 g/mol. The van der Waals surface area contributed by atoms with Crippen molar-refractivity contribution in [2.24, 2.45) is 5.92 Å². The Morgan fingerprint density at radius 3 is 1.12 bits per heavy atom. The minimum Gasteiger partial charge on any atom is -0.465 e. The minimum absolute atomic E-state index is 0.174. The number of rotatable bonds is 38. The van der Waals surface area contributed by atoms with E-state index in [1.54, 1.807) is 0 Å². The van der Waals surface area contributed by atoms with Crippen LogP contribution in [0.5, 0.6) is 0 Å². The van der Waals surface area contributed by atoms with Crippen LogP contribution in [0.4, 0.5) is 0 Å². The molecule has 2 aliphatic rings. The van der Waals surface area contributed by atoms with E-state index in [0.29, 0.717) is 19.6 Å². The van der Waals surface area contributed by atoms with Crippen LogP contribution in [0.15, 0.2) is 0 Å². The molecule has 3 unspecified atom stereocenters. The van der Waals surface area contributed by atoms with Crippen LogP contribution in [0.2, 0.25) is 0 Å². The Balaban J connectivity index is 1.39. The van der Waals surface area contributed by atoms with Gasteiger partial charge in [0.1, 0.15) is 0 Å². The van der Waals surface area contributed by atoms with Crippen LogP contribution in [0, 0.1) is 5.92 Å². The summed E-state index contributed by atoms with van der Waals surface area (Å²) in [6.45, 7) is 5.45. The zero-order valence-electron chi connectivity index (χ0n) is 34.3. The third kappa shape index (κ3) is 22.0. The lowest BCUT2D eigenvalue weighted by Crippen LogP contribution is -2.44. The number of hydrogen-bond acceptors (Lipinski definition) is 5. The Hall–Kier alpha value is -1.10. The first-order valence-corrected chi connectivity index (χ1v) is 23.2. The van der Waals surface area contributed by atoms with Crippen LogP contribution in [0.25, 0.3) is 0 Å². The predicted octanol–water partition coefficient (Wildman–Crippen LogP) is 14.3. The van der Waals surface area contributed by atoms with Crippen molar-refractivity contribution in [1.29, 1.82) is 0 Å². The summed E-state index contributed by atoms with van der Waals surface area (Å²) in [7, 11) is 0. The lowest BCUT2D eigenvalue weighted by atomic mass is 9.79. The molecule has 1 heterocycles. The van der Waals surface area contributed by atoms with Gasteiger partial charge in [0.25, 0.3) is 0 Å². The first kappa shape index (κ1) is 46.1. The van der Waals surface area contributed by atoms with Gasteiger partial charge in [0.15, 0.2) is 0 Å². The first-order valence-electron chi connectivity index (χ1n) is 23.2. The summed E-state index contributed by atoms with van der Waals surface area (Å²) >= 11 is 0. The van der Waals surface area contributed by atoms with Crippen LogP contribution in [-0.2, 0) is 23.8 Å². The smallest absolute Gasteiger partial charge is 0.342 e. The molecule has 300 valence electrons. The number of fused-ring (bicyclic) bond motifs is 1. The van der Waals surface area contributed by atoms with Crippen LogP contribution >= 0.6 is 0 Å². The normalized spacial score (nSPS) is 19.6. The Morgan fingerprint density at radius 1 is 0.451 bits per heavy atom. The third-order valence-corrected chi connectivity index (χ3v) is 11.8. The number of ether oxygens (including phenoxy) is 3. The molecule has 0 N–H and O–H groups in total. The van der Waals surface area contributed by atoms with Gasteiger partial charge in [-0.3, -0.25) is 4.79 Å². The second-order valence-electron chi connectivity index (χ2n) is 16.5. The molecule has 0 aromatic heterocycles. The number of unbranched alkanes of at least 4 members (excludes halogenated alkanes) is 32. The van der Waals surface area contributed by atoms with Gasteiger partial charge in [0.2, 0.25) is 5.60 Å². The van der Waals surface area contributed by atoms with Crippen molar-refractivity contribution in [3.8, 4) is 0 Å². The number of hydrogen-bond donors (Lipinski definition) is 0. The first-order chi connectivity index (χ1) is 25.2. The molecule has 51 heavy (non-hydrogen) atoms. The average molecular weight is 719 g/mol. The second-order valence-corrected chi connectivity index (χ2v) is 16.5. The Labute approximate surface area is 317 Å². The zero-order chi connectivity index (χ0) is 36.5. The van der Waals surface area contributed by atoms with E-state index in [-0.39, 0.29) is 18.0 Å². The lowest BCUT2D eigenvalue weighted by Gasteiger charge is -2.25. The van der Waals surface area contributed by atoms with E-state index >= 15 is 0 Å². The van der Waals surface area contributed by atoms with Crippen LogP contribution in [0.1, 0.15) is 251 Å². The van der Waals surface area contributed by atoms with E-state index < -0.39 is 11.5 Å². The van der Waals surface area contributed by atoms with Gasteiger partial charge in [-0.2, -0.15) is 0 Å². The topological polar surface area (TPSA) is 65.1 Å². The predicted molar refractivity (Wildman–Crippen MR) is 215 cm³/mol. The van der Waals surface area contributed by atoms with E-state index in [2.05, 4.69) is 13.8 Å². The van der Waals surface area contributed by atoms with Gasteiger partial charge in [-0.1, -0.05) is 219 Å². The van der Waals surface area contributed by atoms with Gasteiger partial charge in [-0.15, -0.1) is 0 Å². The average Bonchev–Trinajstić information content (AvgIpc) is 3.90. The molecular formula is C46H86O5. The molecule has 5 nitrogen and oxygen atoms in total. The maximum Gasteiger partial charge on any atom is 0.342 e. The van der Waals surface area contributed by atoms with E-state index in [4.69, 9.17) is 14.2 Å². The number of carbonyl (C=O) groups is 2. The highest BCUT2D eigenvalue weighted by Crippen LogP contribution is 2.52. The molecule has 1 saturated heterocycles. The molecule has 0 amide bonds. The van der Waals surface area contributed by atoms with Crippen molar-refractivity contribution in [1.82, 2.24) is 0 Å². The van der Waals surface area contributed by atoms with Crippen LogP contribution in [0.3, 0.4) is 0 Å². The zero-order valence-corrected chi connectivity index (χ0v) is 34.3. The molecule has 0 bridgehead atoms. The van der Waals surface area contributed by atoms with Gasteiger partial charge >= 0.3 is 11.9 Å². The Kier molecular flexibility index (Phi) is 29.2. The molecule has 2 fully saturated rings. The molecule has 1 aliphatic carbocycles. The Bertz CT molecular complexity index is 813. The minimum atomic E-state index is -1.07. The quantitative estimate of drug-likeness (QED) is 0.0361. The highest BCUT2D eigenvalue weighted by molar-refractivity contribution is 5.91. The molecule has 1 saturated carbocycles. The molecule has 0 radical (unpaired) electrons. The maximum atomic E-state index is 13.1. The van der Waals surface area contributed by atoms with Crippen molar-refractivity contribution in [3.05, 3.63) is 0 Å². The summed E-state index contributed by atoms with van der Waals surface area (Å²) in [6.07, 6.45) is 47.5. The fraction of sp³-hybridized carbons (Fsp3) is 0.957. The van der Waals surface area contributed by atoms with Crippen LogP contribution in [-0.4, -0.2) is 36.9 Å². The van der Waals surface area contributed by atoms with Crippen molar-refractivity contribution in [2.45, 2.75) is 263 Å². The Morgan fingerprint density at radius 2 is 0.765 bits per heavy atom. The number of epoxide rings is 1. The van der Waals surface area contributed by atoms with Gasteiger partial charge < -0.3 is 14.2 Å². The van der Waals surface area contributed by atoms with E-state index in [0.717, 1.165) is 38.5 Å². The summed E-state index contributed by atoms with van der Waals surface area (Å²) in [5.41, 5.74) is -1.07. The van der Waals surface area contributed by atoms with Crippen molar-refractivity contribution in [2.75, 3.05) is 13.2 Å². The summed E-state index contributed by atoms with van der Waals surface area (Å²) in [4.78, 5) is 26.2. The summed E-state index contributed by atoms with van der Waals surface area (Å²) in [5.74, 6) is -1.10. The van der Waals surface area contributed by atoms with Crippen LogP contribution < -0.4 is 0 Å². The standard InChI is InChI=1S/C46H86O5/c1-3-5-7-9-11-13-15-17-19-21-23-25-27-29-31-33-35-40-49-44(47)42-38-37-39-43-46(42,51-43)45(48)50-41-36-34-32-30-28-26-24-22-20-18-16-14-12-10-8-6-4-2/h42-43H,3-41H2,1-2H3.